The van der Waals surface area contributed by atoms with Crippen LogP contribution in [0.5, 0.6) is 0 Å². The molecule has 0 aromatic carbocycles. The molecule has 4 rings (SSSR count). The lowest BCUT2D eigenvalue weighted by molar-refractivity contribution is 0.0569. The van der Waals surface area contributed by atoms with Gasteiger partial charge in [-0.05, 0) is 58.5 Å². The number of amides is 1. The lowest BCUT2D eigenvalue weighted by atomic mass is 9.91. The molecule has 1 saturated carbocycles. The summed E-state index contributed by atoms with van der Waals surface area (Å²) in [6.45, 7) is 5.92. The van der Waals surface area contributed by atoms with Gasteiger partial charge in [-0.2, -0.15) is 0 Å². The normalized spacial score (nSPS) is 30.1. The number of hydrogen-bond donors (Lipinski definition) is 0. The molecule has 3 fully saturated rings. The molecule has 6 nitrogen and oxygen atoms in total. The van der Waals surface area contributed by atoms with Gasteiger partial charge in [0.15, 0.2) is 0 Å². The van der Waals surface area contributed by atoms with Crippen molar-refractivity contribution in [3.8, 4) is 0 Å². The summed E-state index contributed by atoms with van der Waals surface area (Å²) < 4.78 is 5.08. The highest BCUT2D eigenvalue weighted by Gasteiger charge is 2.46. The van der Waals surface area contributed by atoms with E-state index in [1.54, 1.807) is 6.20 Å². The summed E-state index contributed by atoms with van der Waals surface area (Å²) in [6.07, 6.45) is 6.67. The van der Waals surface area contributed by atoms with Crippen LogP contribution in [-0.2, 0) is 0 Å². The van der Waals surface area contributed by atoms with E-state index in [9.17, 15) is 4.79 Å². The van der Waals surface area contributed by atoms with Crippen molar-refractivity contribution in [2.75, 3.05) is 40.3 Å². The molecule has 1 aliphatic carbocycles. The van der Waals surface area contributed by atoms with Crippen LogP contribution in [-0.4, -0.2) is 78.1 Å². The van der Waals surface area contributed by atoms with E-state index in [1.165, 1.54) is 25.8 Å². The summed E-state index contributed by atoms with van der Waals surface area (Å²) in [7, 11) is 4.34. The average molecular weight is 346 g/mol. The van der Waals surface area contributed by atoms with Crippen molar-refractivity contribution in [3.63, 3.8) is 0 Å². The van der Waals surface area contributed by atoms with Gasteiger partial charge < -0.3 is 14.3 Å². The van der Waals surface area contributed by atoms with Gasteiger partial charge in [-0.25, -0.2) is 0 Å². The van der Waals surface area contributed by atoms with Crippen LogP contribution in [0.2, 0.25) is 0 Å². The molecule has 3 aliphatic rings. The molecule has 1 aromatic heterocycles. The predicted octanol–water partition coefficient (Wildman–Crippen LogP) is 1.86. The Bertz CT molecular complexity index is 625. The molecule has 3 atom stereocenters. The van der Waals surface area contributed by atoms with E-state index in [4.69, 9.17) is 4.52 Å². The molecule has 2 saturated heterocycles. The number of aromatic nitrogens is 1. The maximum absolute atomic E-state index is 12.8. The first-order valence-corrected chi connectivity index (χ1v) is 9.64. The molecule has 1 amide bonds. The van der Waals surface area contributed by atoms with Crippen LogP contribution >= 0.6 is 0 Å². The zero-order chi connectivity index (χ0) is 17.6. The third kappa shape index (κ3) is 3.47. The minimum absolute atomic E-state index is 0.0852. The summed E-state index contributed by atoms with van der Waals surface area (Å²) >= 11 is 0. The molecule has 0 unspecified atom stereocenters. The molecule has 138 valence electrons. The lowest BCUT2D eigenvalue weighted by Gasteiger charge is -2.39. The summed E-state index contributed by atoms with van der Waals surface area (Å²) in [5.74, 6) is 2.23. The zero-order valence-electron chi connectivity index (χ0n) is 15.6. The van der Waals surface area contributed by atoms with Crippen molar-refractivity contribution in [1.82, 2.24) is 19.9 Å². The van der Waals surface area contributed by atoms with Gasteiger partial charge in [0.1, 0.15) is 11.3 Å². The SMILES string of the molecule is Cc1oncc1C(=O)N1CC[C@H]2[C@H](C[C@@H](CN(C)C)N2CC2CC2)C1. The number of carbonyl (C=O) groups is 1. The van der Waals surface area contributed by atoms with E-state index in [-0.39, 0.29) is 5.91 Å². The fourth-order valence-corrected chi connectivity index (χ4v) is 4.79. The standard InChI is InChI=1S/C19H30N4O2/c1-13-17(9-20-25-13)19(24)22-7-6-18-15(11-22)8-16(12-21(2)3)23(18)10-14-4-5-14/h9,14-16,18H,4-8,10-12H2,1-3H3/t15-,16+,18+/m1/s1. The molecule has 6 heteroatoms. The Labute approximate surface area is 150 Å². The second-order valence-corrected chi connectivity index (χ2v) is 8.45. The van der Waals surface area contributed by atoms with E-state index in [1.807, 2.05) is 11.8 Å². The number of fused-ring (bicyclic) bond motifs is 1. The largest absolute Gasteiger partial charge is 0.361 e. The van der Waals surface area contributed by atoms with Crippen molar-refractivity contribution in [2.24, 2.45) is 11.8 Å². The number of likely N-dealkylation sites (N-methyl/N-ethyl adjacent to an activating group) is 1. The highest BCUT2D eigenvalue weighted by molar-refractivity contribution is 5.94. The fraction of sp³-hybridized carbons (Fsp3) is 0.789. The van der Waals surface area contributed by atoms with Crippen LogP contribution in [0, 0.1) is 18.8 Å². The number of rotatable bonds is 5. The van der Waals surface area contributed by atoms with E-state index in [2.05, 4.69) is 29.1 Å². The van der Waals surface area contributed by atoms with Crippen LogP contribution < -0.4 is 0 Å². The number of aryl methyl sites for hydroxylation is 1. The maximum atomic E-state index is 12.8. The average Bonchev–Trinajstić information content (AvgIpc) is 3.20. The van der Waals surface area contributed by atoms with Gasteiger partial charge in [-0.15, -0.1) is 0 Å². The fourth-order valence-electron chi connectivity index (χ4n) is 4.79. The predicted molar refractivity (Wildman–Crippen MR) is 95.4 cm³/mol. The molecule has 0 spiro atoms. The monoisotopic (exact) mass is 346 g/mol. The summed E-state index contributed by atoms with van der Waals surface area (Å²) in [5.41, 5.74) is 0.621. The van der Waals surface area contributed by atoms with Gasteiger partial charge in [-0.3, -0.25) is 9.69 Å². The Balaban J connectivity index is 1.45. The number of hydrogen-bond acceptors (Lipinski definition) is 5. The number of carbonyl (C=O) groups excluding carboxylic acids is 1. The van der Waals surface area contributed by atoms with Crippen LogP contribution in [0.4, 0.5) is 0 Å². The van der Waals surface area contributed by atoms with Gasteiger partial charge in [0, 0.05) is 38.3 Å². The molecule has 25 heavy (non-hydrogen) atoms. The molecule has 2 aliphatic heterocycles. The number of piperidine rings is 1. The van der Waals surface area contributed by atoms with Crippen molar-refractivity contribution in [2.45, 2.75) is 44.7 Å². The van der Waals surface area contributed by atoms with Gasteiger partial charge in [0.25, 0.3) is 5.91 Å². The highest BCUT2D eigenvalue weighted by Crippen LogP contribution is 2.40. The van der Waals surface area contributed by atoms with Crippen LogP contribution in [0.1, 0.15) is 41.8 Å². The van der Waals surface area contributed by atoms with Gasteiger partial charge in [0.05, 0.1) is 6.20 Å². The molecule has 3 heterocycles. The first-order valence-electron chi connectivity index (χ1n) is 9.64. The quantitative estimate of drug-likeness (QED) is 0.815. The topological polar surface area (TPSA) is 52.8 Å². The van der Waals surface area contributed by atoms with Crippen LogP contribution in [0.3, 0.4) is 0 Å². The van der Waals surface area contributed by atoms with Gasteiger partial charge in [0.2, 0.25) is 0 Å². The number of likely N-dealkylation sites (tertiary alicyclic amines) is 2. The molecule has 0 N–H and O–H groups in total. The Morgan fingerprint density at radius 3 is 2.80 bits per heavy atom. The molecule has 0 bridgehead atoms. The van der Waals surface area contributed by atoms with Gasteiger partial charge >= 0.3 is 0 Å². The van der Waals surface area contributed by atoms with E-state index in [0.29, 0.717) is 29.3 Å². The van der Waals surface area contributed by atoms with Crippen molar-refractivity contribution in [3.05, 3.63) is 17.5 Å². The van der Waals surface area contributed by atoms with Crippen molar-refractivity contribution in [1.29, 1.82) is 0 Å². The molecular formula is C19H30N4O2. The smallest absolute Gasteiger partial charge is 0.259 e. The third-order valence-electron chi connectivity index (χ3n) is 6.17. The Morgan fingerprint density at radius 2 is 2.16 bits per heavy atom. The molecule has 0 radical (unpaired) electrons. The molecular weight excluding hydrogens is 316 g/mol. The van der Waals surface area contributed by atoms with Crippen LogP contribution in [0.15, 0.2) is 10.7 Å². The Hall–Kier alpha value is -1.40. The van der Waals surface area contributed by atoms with Gasteiger partial charge in [-0.1, -0.05) is 5.16 Å². The first-order chi connectivity index (χ1) is 12.0. The summed E-state index contributed by atoms with van der Waals surface area (Å²) in [6, 6.07) is 1.29. The van der Waals surface area contributed by atoms with E-state index >= 15 is 0 Å². The third-order valence-corrected chi connectivity index (χ3v) is 6.17. The lowest BCUT2D eigenvalue weighted by Crippen LogP contribution is -2.49. The first kappa shape index (κ1) is 17.0. The maximum Gasteiger partial charge on any atom is 0.259 e. The minimum Gasteiger partial charge on any atom is -0.361 e. The Kier molecular flexibility index (Phi) is 4.58. The Morgan fingerprint density at radius 1 is 1.36 bits per heavy atom. The summed E-state index contributed by atoms with van der Waals surface area (Å²) in [4.78, 5) is 19.9. The van der Waals surface area contributed by atoms with Crippen molar-refractivity contribution < 1.29 is 9.32 Å². The second kappa shape index (κ2) is 6.72. The molecule has 1 aromatic rings. The number of nitrogens with zero attached hydrogens (tertiary/aromatic N) is 4. The van der Waals surface area contributed by atoms with E-state index < -0.39 is 0 Å². The van der Waals surface area contributed by atoms with E-state index in [0.717, 1.165) is 32.0 Å². The van der Waals surface area contributed by atoms with Crippen molar-refractivity contribution >= 4 is 5.91 Å². The second-order valence-electron chi connectivity index (χ2n) is 8.45. The summed E-state index contributed by atoms with van der Waals surface area (Å²) in [5, 5.41) is 3.76. The zero-order valence-corrected chi connectivity index (χ0v) is 15.6. The highest BCUT2D eigenvalue weighted by atomic mass is 16.5. The van der Waals surface area contributed by atoms with Crippen LogP contribution in [0.25, 0.3) is 0 Å². The minimum atomic E-state index is 0.0852.